The second-order valence-corrected chi connectivity index (χ2v) is 2.48. The Morgan fingerprint density at radius 2 is 1.73 bits per heavy atom. The van der Waals surface area contributed by atoms with Gasteiger partial charge in [0.05, 0.1) is 0 Å². The molecule has 0 aliphatic rings. The molecule has 1 aromatic rings. The lowest BCUT2D eigenvalue weighted by atomic mass is 10.2. The molecule has 1 aromatic heterocycles. The van der Waals surface area contributed by atoms with Gasteiger partial charge in [-0.25, -0.2) is 0 Å². The highest BCUT2D eigenvalue weighted by atomic mass is 15.3. The van der Waals surface area contributed by atoms with Gasteiger partial charge in [-0.05, 0) is 6.08 Å². The maximum Gasteiger partial charge on any atom is 0.195 e. The highest BCUT2D eigenvalue weighted by Gasteiger charge is 2.02. The van der Waals surface area contributed by atoms with Crippen LogP contribution in [0, 0.1) is 0 Å². The summed E-state index contributed by atoms with van der Waals surface area (Å²) in [6.45, 7) is 7.49. The lowest BCUT2D eigenvalue weighted by Gasteiger charge is -1.98. The largest absolute Gasteiger partial charge is 0.195 e. The van der Waals surface area contributed by atoms with Crippen molar-refractivity contribution in [1.29, 1.82) is 0 Å². The zero-order valence-corrected chi connectivity index (χ0v) is 6.65. The molecule has 0 unspecified atom stereocenters. The van der Waals surface area contributed by atoms with Crippen LogP contribution in [-0.4, -0.2) is 20.4 Å². The van der Waals surface area contributed by atoms with Gasteiger partial charge in [0.2, 0.25) is 0 Å². The van der Waals surface area contributed by atoms with E-state index in [2.05, 4.69) is 27.0 Å². The highest BCUT2D eigenvalue weighted by molar-refractivity contribution is 5.33. The zero-order valence-electron chi connectivity index (χ0n) is 6.65. The maximum absolute atomic E-state index is 3.85. The summed E-state index contributed by atoms with van der Waals surface area (Å²) in [5.41, 5.74) is 0. The molecular weight excluding hydrogens is 140 g/mol. The maximum atomic E-state index is 3.85. The van der Waals surface area contributed by atoms with E-state index in [-0.39, 0.29) is 5.92 Å². The van der Waals surface area contributed by atoms with Crippen molar-refractivity contribution in [2.45, 2.75) is 19.8 Å². The average Bonchev–Trinajstić information content (AvgIpc) is 2.05. The van der Waals surface area contributed by atoms with E-state index in [0.717, 1.165) is 0 Å². The summed E-state index contributed by atoms with van der Waals surface area (Å²) in [6, 6.07) is 0. The second kappa shape index (κ2) is 3.18. The van der Waals surface area contributed by atoms with Crippen molar-refractivity contribution in [1.82, 2.24) is 20.4 Å². The van der Waals surface area contributed by atoms with Gasteiger partial charge in [-0.2, -0.15) is 0 Å². The van der Waals surface area contributed by atoms with Gasteiger partial charge >= 0.3 is 0 Å². The molecule has 4 heteroatoms. The summed E-state index contributed by atoms with van der Waals surface area (Å²) >= 11 is 0. The minimum atomic E-state index is 0.272. The van der Waals surface area contributed by atoms with Gasteiger partial charge in [-0.1, -0.05) is 20.4 Å². The first-order chi connectivity index (χ1) is 5.24. The second-order valence-electron chi connectivity index (χ2n) is 2.48. The van der Waals surface area contributed by atoms with Crippen molar-refractivity contribution in [2.75, 3.05) is 0 Å². The molecule has 0 aliphatic heterocycles. The van der Waals surface area contributed by atoms with E-state index in [1.54, 1.807) is 0 Å². The quantitative estimate of drug-likeness (QED) is 0.631. The standard InChI is InChI=1S/C7H10N4/c1-4-6-8-10-7(5(2)3)11-9-6/h4-5H,1H2,2-3H3. The number of rotatable bonds is 2. The minimum absolute atomic E-state index is 0.272. The Labute approximate surface area is 65.4 Å². The third kappa shape index (κ3) is 1.80. The van der Waals surface area contributed by atoms with Crippen LogP contribution in [0.4, 0.5) is 0 Å². The van der Waals surface area contributed by atoms with Gasteiger partial charge in [0.25, 0.3) is 0 Å². The molecule has 58 valence electrons. The van der Waals surface area contributed by atoms with Crippen molar-refractivity contribution in [3.05, 3.63) is 18.2 Å². The van der Waals surface area contributed by atoms with Crippen LogP contribution < -0.4 is 0 Å². The molecule has 11 heavy (non-hydrogen) atoms. The van der Waals surface area contributed by atoms with Crippen LogP contribution in [0.2, 0.25) is 0 Å². The molecule has 0 spiro atoms. The monoisotopic (exact) mass is 150 g/mol. The first-order valence-corrected chi connectivity index (χ1v) is 3.43. The van der Waals surface area contributed by atoms with Crippen molar-refractivity contribution >= 4 is 6.08 Å². The molecule has 0 aromatic carbocycles. The molecule has 0 aliphatic carbocycles. The predicted octanol–water partition coefficient (Wildman–Crippen LogP) is 1.03. The van der Waals surface area contributed by atoms with E-state index >= 15 is 0 Å². The summed E-state index contributed by atoms with van der Waals surface area (Å²) in [5.74, 6) is 1.40. The summed E-state index contributed by atoms with van der Waals surface area (Å²) in [4.78, 5) is 0. The summed E-state index contributed by atoms with van der Waals surface area (Å²) in [5, 5.41) is 15.3. The molecule has 0 radical (unpaired) electrons. The summed E-state index contributed by atoms with van der Waals surface area (Å²) in [7, 11) is 0. The van der Waals surface area contributed by atoms with Crippen molar-refractivity contribution in [2.24, 2.45) is 0 Å². The zero-order chi connectivity index (χ0) is 8.27. The molecule has 1 rings (SSSR count). The fourth-order valence-corrected chi connectivity index (χ4v) is 0.558. The number of hydrogen-bond acceptors (Lipinski definition) is 4. The fraction of sp³-hybridized carbons (Fsp3) is 0.429. The molecule has 0 N–H and O–H groups in total. The van der Waals surface area contributed by atoms with Gasteiger partial charge in [-0.15, -0.1) is 20.4 Å². The van der Waals surface area contributed by atoms with Gasteiger partial charge in [0.1, 0.15) is 0 Å². The molecule has 0 atom stereocenters. The predicted molar refractivity (Wildman–Crippen MR) is 41.8 cm³/mol. The lowest BCUT2D eigenvalue weighted by molar-refractivity contribution is 0.685. The molecule has 1 heterocycles. The van der Waals surface area contributed by atoms with Crippen molar-refractivity contribution in [3.8, 4) is 0 Å². The van der Waals surface area contributed by atoms with Crippen molar-refractivity contribution in [3.63, 3.8) is 0 Å². The van der Waals surface area contributed by atoms with Crippen LogP contribution in [0.25, 0.3) is 6.08 Å². The average molecular weight is 150 g/mol. The Balaban J connectivity index is 2.91. The Morgan fingerprint density at radius 3 is 2.09 bits per heavy atom. The van der Waals surface area contributed by atoms with Crippen molar-refractivity contribution < 1.29 is 0 Å². The summed E-state index contributed by atoms with van der Waals surface area (Å²) in [6.07, 6.45) is 1.52. The molecule has 0 saturated carbocycles. The molecule has 4 nitrogen and oxygen atoms in total. The lowest BCUT2D eigenvalue weighted by Crippen LogP contribution is -2.03. The van der Waals surface area contributed by atoms with E-state index in [4.69, 9.17) is 0 Å². The smallest absolute Gasteiger partial charge is 0.131 e. The van der Waals surface area contributed by atoms with Gasteiger partial charge < -0.3 is 0 Å². The number of aromatic nitrogens is 4. The molecule has 0 bridgehead atoms. The summed E-state index contributed by atoms with van der Waals surface area (Å²) < 4.78 is 0. The molecule has 0 fully saturated rings. The third-order valence-corrected chi connectivity index (χ3v) is 1.21. The topological polar surface area (TPSA) is 51.6 Å². The highest BCUT2D eigenvalue weighted by Crippen LogP contribution is 2.04. The van der Waals surface area contributed by atoms with E-state index < -0.39 is 0 Å². The fourth-order valence-electron chi connectivity index (χ4n) is 0.558. The van der Waals surface area contributed by atoms with Crippen LogP contribution in [0.3, 0.4) is 0 Å². The number of nitrogens with zero attached hydrogens (tertiary/aromatic N) is 4. The van der Waals surface area contributed by atoms with Crippen LogP contribution in [0.1, 0.15) is 31.4 Å². The van der Waals surface area contributed by atoms with Crippen LogP contribution in [-0.2, 0) is 0 Å². The van der Waals surface area contributed by atoms with Crippen LogP contribution in [0.5, 0.6) is 0 Å². The molecule has 0 saturated heterocycles. The molecule has 0 amide bonds. The Hall–Kier alpha value is -1.32. The first kappa shape index (κ1) is 7.78. The number of hydrogen-bond donors (Lipinski definition) is 0. The first-order valence-electron chi connectivity index (χ1n) is 3.43. The third-order valence-electron chi connectivity index (χ3n) is 1.21. The minimum Gasteiger partial charge on any atom is -0.131 e. The van der Waals surface area contributed by atoms with E-state index in [0.29, 0.717) is 11.6 Å². The SMILES string of the molecule is C=Cc1nnc(C(C)C)nn1. The Kier molecular flexibility index (Phi) is 2.25. The Morgan fingerprint density at radius 1 is 1.18 bits per heavy atom. The van der Waals surface area contributed by atoms with Crippen LogP contribution in [0.15, 0.2) is 6.58 Å². The van der Waals surface area contributed by atoms with E-state index in [1.807, 2.05) is 13.8 Å². The van der Waals surface area contributed by atoms with Gasteiger partial charge in [0, 0.05) is 5.92 Å². The van der Waals surface area contributed by atoms with Gasteiger partial charge in [-0.3, -0.25) is 0 Å². The Bertz CT molecular complexity index is 239. The normalized spacial score (nSPS) is 10.1. The van der Waals surface area contributed by atoms with E-state index in [1.165, 1.54) is 6.08 Å². The van der Waals surface area contributed by atoms with Gasteiger partial charge in [0.15, 0.2) is 11.6 Å². The molecular formula is C7H10N4. The van der Waals surface area contributed by atoms with E-state index in [9.17, 15) is 0 Å². The van der Waals surface area contributed by atoms with Crippen LogP contribution >= 0.6 is 0 Å².